The molecule has 0 saturated carbocycles. The summed E-state index contributed by atoms with van der Waals surface area (Å²) in [6, 6.07) is 7.62. The van der Waals surface area contributed by atoms with E-state index in [2.05, 4.69) is 15.3 Å². The average molecular weight is 282 g/mol. The van der Waals surface area contributed by atoms with Gasteiger partial charge in [-0.2, -0.15) is 0 Å². The Morgan fingerprint density at radius 2 is 1.90 bits per heavy atom. The Morgan fingerprint density at radius 3 is 2.57 bits per heavy atom. The van der Waals surface area contributed by atoms with Crippen LogP contribution in [0.4, 0.5) is 5.69 Å². The Bertz CT molecular complexity index is 591. The molecule has 3 heterocycles. The molecule has 2 aromatic heterocycles. The molecule has 0 spiro atoms. The standard InChI is InChI=1S/C16H18N4O/c21-16(20-9-1-2-10-20)15-4-3-14(12-19-15)18-11-13-5-7-17-8-6-13/h3-8,12,18H,1-2,9-11H2. The second-order valence-electron chi connectivity index (χ2n) is 5.14. The largest absolute Gasteiger partial charge is 0.380 e. The lowest BCUT2D eigenvalue weighted by Gasteiger charge is -2.14. The number of hydrogen-bond acceptors (Lipinski definition) is 4. The van der Waals surface area contributed by atoms with Crippen molar-refractivity contribution in [2.45, 2.75) is 19.4 Å². The molecule has 2 aromatic rings. The van der Waals surface area contributed by atoms with E-state index >= 15 is 0 Å². The second-order valence-corrected chi connectivity index (χ2v) is 5.14. The van der Waals surface area contributed by atoms with Crippen molar-refractivity contribution < 1.29 is 4.79 Å². The minimum atomic E-state index is 0.0354. The van der Waals surface area contributed by atoms with Gasteiger partial charge in [0.15, 0.2) is 0 Å². The van der Waals surface area contributed by atoms with Crippen molar-refractivity contribution in [2.24, 2.45) is 0 Å². The van der Waals surface area contributed by atoms with Gasteiger partial charge in [-0.25, -0.2) is 4.98 Å². The summed E-state index contributed by atoms with van der Waals surface area (Å²) in [4.78, 5) is 22.3. The van der Waals surface area contributed by atoms with Gasteiger partial charge in [0.25, 0.3) is 5.91 Å². The number of pyridine rings is 2. The molecule has 3 rings (SSSR count). The van der Waals surface area contributed by atoms with Crippen molar-refractivity contribution in [3.8, 4) is 0 Å². The highest BCUT2D eigenvalue weighted by Gasteiger charge is 2.20. The van der Waals surface area contributed by atoms with Crippen molar-refractivity contribution in [3.05, 3.63) is 54.1 Å². The van der Waals surface area contributed by atoms with Crippen molar-refractivity contribution >= 4 is 11.6 Å². The van der Waals surface area contributed by atoms with Gasteiger partial charge in [0, 0.05) is 32.0 Å². The van der Waals surface area contributed by atoms with Crippen LogP contribution in [0, 0.1) is 0 Å². The number of nitrogens with one attached hydrogen (secondary N) is 1. The molecule has 0 aromatic carbocycles. The first kappa shape index (κ1) is 13.5. The van der Waals surface area contributed by atoms with Crippen LogP contribution >= 0.6 is 0 Å². The number of carbonyl (C=O) groups is 1. The fourth-order valence-corrected chi connectivity index (χ4v) is 2.41. The van der Waals surface area contributed by atoms with Crippen molar-refractivity contribution in [3.63, 3.8) is 0 Å². The molecule has 1 N–H and O–H groups in total. The summed E-state index contributed by atoms with van der Waals surface area (Å²) in [6.45, 7) is 2.41. The smallest absolute Gasteiger partial charge is 0.272 e. The monoisotopic (exact) mass is 282 g/mol. The first-order chi connectivity index (χ1) is 10.3. The van der Waals surface area contributed by atoms with Crippen molar-refractivity contribution in [2.75, 3.05) is 18.4 Å². The highest BCUT2D eigenvalue weighted by atomic mass is 16.2. The first-order valence-corrected chi connectivity index (χ1v) is 7.21. The molecular weight excluding hydrogens is 264 g/mol. The minimum Gasteiger partial charge on any atom is -0.380 e. The molecule has 108 valence electrons. The minimum absolute atomic E-state index is 0.0354. The highest BCUT2D eigenvalue weighted by molar-refractivity contribution is 5.92. The molecule has 0 atom stereocenters. The van der Waals surface area contributed by atoms with E-state index in [9.17, 15) is 4.79 Å². The fourth-order valence-electron chi connectivity index (χ4n) is 2.41. The van der Waals surface area contributed by atoms with Gasteiger partial charge in [-0.15, -0.1) is 0 Å². The summed E-state index contributed by atoms with van der Waals surface area (Å²) >= 11 is 0. The molecule has 5 nitrogen and oxygen atoms in total. The normalized spacial score (nSPS) is 14.2. The van der Waals surface area contributed by atoms with Gasteiger partial charge >= 0.3 is 0 Å². The molecule has 1 fully saturated rings. The molecule has 0 aliphatic carbocycles. The quantitative estimate of drug-likeness (QED) is 0.935. The Hall–Kier alpha value is -2.43. The molecule has 0 radical (unpaired) electrons. The Balaban J connectivity index is 1.60. The third kappa shape index (κ3) is 3.37. The summed E-state index contributed by atoms with van der Waals surface area (Å²) in [7, 11) is 0. The molecule has 0 unspecified atom stereocenters. The van der Waals surface area contributed by atoms with Crippen LogP contribution < -0.4 is 5.32 Å². The maximum absolute atomic E-state index is 12.2. The number of carbonyl (C=O) groups excluding carboxylic acids is 1. The van der Waals surface area contributed by atoms with Crippen LogP contribution in [-0.2, 0) is 6.54 Å². The van der Waals surface area contributed by atoms with Crippen LogP contribution in [0.1, 0.15) is 28.9 Å². The van der Waals surface area contributed by atoms with Gasteiger partial charge in [0.1, 0.15) is 5.69 Å². The SMILES string of the molecule is O=C(c1ccc(NCc2ccncc2)cn1)N1CCCC1. The van der Waals surface area contributed by atoms with E-state index in [1.54, 1.807) is 24.7 Å². The summed E-state index contributed by atoms with van der Waals surface area (Å²) in [5.74, 6) is 0.0354. The van der Waals surface area contributed by atoms with Crippen LogP contribution in [0.15, 0.2) is 42.9 Å². The van der Waals surface area contributed by atoms with Gasteiger partial charge in [0.05, 0.1) is 11.9 Å². The van der Waals surface area contributed by atoms with Gasteiger partial charge in [-0.3, -0.25) is 9.78 Å². The van der Waals surface area contributed by atoms with Crippen LogP contribution in [0.3, 0.4) is 0 Å². The number of nitrogens with zero attached hydrogens (tertiary/aromatic N) is 3. The number of anilines is 1. The van der Waals surface area contributed by atoms with E-state index in [0.29, 0.717) is 12.2 Å². The van der Waals surface area contributed by atoms with Gasteiger partial charge < -0.3 is 10.2 Å². The van der Waals surface area contributed by atoms with E-state index in [0.717, 1.165) is 37.2 Å². The summed E-state index contributed by atoms with van der Waals surface area (Å²) in [6.07, 6.45) is 7.44. The summed E-state index contributed by atoms with van der Waals surface area (Å²) in [5, 5.41) is 3.28. The Morgan fingerprint density at radius 1 is 1.14 bits per heavy atom. The number of aromatic nitrogens is 2. The maximum atomic E-state index is 12.2. The van der Waals surface area contributed by atoms with E-state index in [1.165, 1.54) is 0 Å². The molecule has 1 saturated heterocycles. The lowest BCUT2D eigenvalue weighted by molar-refractivity contribution is 0.0787. The van der Waals surface area contributed by atoms with Crippen molar-refractivity contribution in [1.82, 2.24) is 14.9 Å². The van der Waals surface area contributed by atoms with E-state index in [1.807, 2.05) is 23.1 Å². The number of hydrogen-bond donors (Lipinski definition) is 1. The number of likely N-dealkylation sites (tertiary alicyclic amines) is 1. The zero-order chi connectivity index (χ0) is 14.5. The zero-order valence-electron chi connectivity index (χ0n) is 11.8. The first-order valence-electron chi connectivity index (χ1n) is 7.21. The molecular formula is C16H18N4O. The molecule has 21 heavy (non-hydrogen) atoms. The third-order valence-electron chi connectivity index (χ3n) is 3.62. The lowest BCUT2D eigenvalue weighted by Crippen LogP contribution is -2.28. The predicted octanol–water partition coefficient (Wildman–Crippen LogP) is 2.32. The molecule has 0 bridgehead atoms. The van der Waals surface area contributed by atoms with E-state index in [4.69, 9.17) is 0 Å². The average Bonchev–Trinajstić information content (AvgIpc) is 3.08. The zero-order valence-corrected chi connectivity index (χ0v) is 11.8. The lowest BCUT2D eigenvalue weighted by atomic mass is 10.2. The Labute approximate surface area is 124 Å². The van der Waals surface area contributed by atoms with E-state index in [-0.39, 0.29) is 5.91 Å². The topological polar surface area (TPSA) is 58.1 Å². The van der Waals surface area contributed by atoms with Gasteiger partial charge in [0.2, 0.25) is 0 Å². The molecule has 1 aliphatic heterocycles. The summed E-state index contributed by atoms with van der Waals surface area (Å²) < 4.78 is 0. The van der Waals surface area contributed by atoms with Crippen molar-refractivity contribution in [1.29, 1.82) is 0 Å². The number of amides is 1. The van der Waals surface area contributed by atoms with Crippen LogP contribution in [0.25, 0.3) is 0 Å². The van der Waals surface area contributed by atoms with E-state index < -0.39 is 0 Å². The van der Waals surface area contributed by atoms with Crippen LogP contribution in [0.5, 0.6) is 0 Å². The molecule has 1 aliphatic rings. The highest BCUT2D eigenvalue weighted by Crippen LogP contribution is 2.13. The Kier molecular flexibility index (Phi) is 4.09. The van der Waals surface area contributed by atoms with Gasteiger partial charge in [-0.1, -0.05) is 0 Å². The van der Waals surface area contributed by atoms with Gasteiger partial charge in [-0.05, 0) is 42.7 Å². The summed E-state index contributed by atoms with van der Waals surface area (Å²) in [5.41, 5.74) is 2.58. The maximum Gasteiger partial charge on any atom is 0.272 e. The van der Waals surface area contributed by atoms with Crippen LogP contribution in [0.2, 0.25) is 0 Å². The fraction of sp³-hybridized carbons (Fsp3) is 0.312. The second kappa shape index (κ2) is 6.35. The third-order valence-corrected chi connectivity index (χ3v) is 3.62. The predicted molar refractivity (Wildman–Crippen MR) is 80.9 cm³/mol. The van der Waals surface area contributed by atoms with Crippen LogP contribution in [-0.4, -0.2) is 33.9 Å². The molecule has 5 heteroatoms. The number of rotatable bonds is 4. The molecule has 1 amide bonds.